The molecule has 1 saturated heterocycles. The molecular formula is C17H14Cl2FNO2S. The van der Waals surface area contributed by atoms with Crippen LogP contribution < -0.4 is 10.0 Å². The van der Waals surface area contributed by atoms with Gasteiger partial charge in [-0.1, -0.05) is 53.2 Å². The standard InChI is InChI=1S/C17H14Cl2FNO2S/c18-11-4-1-3-10(7-11)16-21(15(9-24-16)17(22)23)8-12-13(19)5-2-6-14(12)20/h1-7,15-16H,8-9H2,(H,22,23)/t15-,16-/m0/s1. The third-order valence-electron chi connectivity index (χ3n) is 4.09. The summed E-state index contributed by atoms with van der Waals surface area (Å²) in [5, 5.41) is 12.2. The maximum Gasteiger partial charge on any atom is 0.161 e. The number of carboxylic acids is 1. The summed E-state index contributed by atoms with van der Waals surface area (Å²) in [5.74, 6) is -1.19. The van der Waals surface area contributed by atoms with Crippen molar-refractivity contribution < 1.29 is 19.2 Å². The van der Waals surface area contributed by atoms with Crippen molar-refractivity contribution in [2.75, 3.05) is 5.75 Å². The third kappa shape index (κ3) is 3.54. The van der Waals surface area contributed by atoms with Crippen LogP contribution in [0.4, 0.5) is 4.39 Å². The minimum Gasteiger partial charge on any atom is -0.544 e. The van der Waals surface area contributed by atoms with Gasteiger partial charge in [0.25, 0.3) is 0 Å². The van der Waals surface area contributed by atoms with Crippen LogP contribution in [-0.2, 0) is 11.3 Å². The van der Waals surface area contributed by atoms with E-state index in [1.807, 2.05) is 12.1 Å². The van der Waals surface area contributed by atoms with E-state index in [2.05, 4.69) is 0 Å². The highest BCUT2D eigenvalue weighted by Gasteiger charge is 2.40. The first-order valence-electron chi connectivity index (χ1n) is 7.34. The summed E-state index contributed by atoms with van der Waals surface area (Å²) in [7, 11) is 0. The molecule has 126 valence electrons. The van der Waals surface area contributed by atoms with Crippen molar-refractivity contribution in [2.24, 2.45) is 0 Å². The van der Waals surface area contributed by atoms with E-state index in [1.165, 1.54) is 23.9 Å². The van der Waals surface area contributed by atoms with Crippen LogP contribution in [-0.4, -0.2) is 17.8 Å². The van der Waals surface area contributed by atoms with Crippen LogP contribution in [0, 0.1) is 5.82 Å². The number of carboxylic acid groups (broad SMARTS) is 1. The Bertz CT molecular complexity index is 754. The fraction of sp³-hybridized carbons (Fsp3) is 0.235. The van der Waals surface area contributed by atoms with E-state index in [1.54, 1.807) is 18.2 Å². The van der Waals surface area contributed by atoms with Crippen LogP contribution in [0.1, 0.15) is 16.5 Å². The molecule has 0 aliphatic carbocycles. The highest BCUT2D eigenvalue weighted by atomic mass is 35.5. The highest BCUT2D eigenvalue weighted by Crippen LogP contribution is 2.31. The number of rotatable bonds is 4. The minimum atomic E-state index is -1.14. The molecule has 0 spiro atoms. The Labute approximate surface area is 153 Å². The van der Waals surface area contributed by atoms with Crippen molar-refractivity contribution >= 4 is 40.9 Å². The second kappa shape index (κ2) is 7.31. The molecule has 1 aliphatic heterocycles. The van der Waals surface area contributed by atoms with Crippen molar-refractivity contribution in [1.29, 1.82) is 0 Å². The largest absolute Gasteiger partial charge is 0.544 e. The van der Waals surface area contributed by atoms with Crippen LogP contribution >= 0.6 is 35.0 Å². The van der Waals surface area contributed by atoms with Gasteiger partial charge in [0.1, 0.15) is 24.4 Å². The fourth-order valence-corrected chi connectivity index (χ4v) is 4.87. The van der Waals surface area contributed by atoms with Gasteiger partial charge in [0, 0.05) is 10.6 Å². The number of quaternary nitrogens is 1. The zero-order valence-electron chi connectivity index (χ0n) is 12.5. The number of hydrogen-bond donors (Lipinski definition) is 1. The monoisotopic (exact) mass is 385 g/mol. The van der Waals surface area contributed by atoms with E-state index in [-0.39, 0.29) is 11.9 Å². The Hall–Kier alpha value is -1.27. The summed E-state index contributed by atoms with van der Waals surface area (Å²) in [6, 6.07) is 11.0. The lowest BCUT2D eigenvalue weighted by Gasteiger charge is -2.27. The van der Waals surface area contributed by atoms with Crippen LogP contribution in [0.2, 0.25) is 10.0 Å². The summed E-state index contributed by atoms with van der Waals surface area (Å²) >= 11 is 13.7. The lowest BCUT2D eigenvalue weighted by atomic mass is 10.1. The van der Waals surface area contributed by atoms with Crippen molar-refractivity contribution in [3.63, 3.8) is 0 Å². The van der Waals surface area contributed by atoms with Gasteiger partial charge >= 0.3 is 0 Å². The van der Waals surface area contributed by atoms with Crippen LogP contribution in [0.3, 0.4) is 0 Å². The number of halogens is 3. The second-order valence-corrected chi connectivity index (χ2v) is 7.57. The van der Waals surface area contributed by atoms with Gasteiger partial charge in [-0.15, -0.1) is 0 Å². The van der Waals surface area contributed by atoms with Crippen LogP contribution in [0.5, 0.6) is 0 Å². The van der Waals surface area contributed by atoms with Crippen molar-refractivity contribution in [3.8, 4) is 0 Å². The van der Waals surface area contributed by atoms with Gasteiger partial charge < -0.3 is 14.8 Å². The van der Waals surface area contributed by atoms with Gasteiger partial charge in [-0.25, -0.2) is 4.39 Å². The summed E-state index contributed by atoms with van der Waals surface area (Å²) < 4.78 is 14.1. The number of thioether (sulfide) groups is 1. The fourth-order valence-electron chi connectivity index (χ4n) is 2.91. The van der Waals surface area contributed by atoms with Crippen LogP contribution in [0.25, 0.3) is 0 Å². The molecule has 1 fully saturated rings. The molecule has 2 aromatic rings. The molecule has 0 radical (unpaired) electrons. The predicted molar refractivity (Wildman–Crippen MR) is 91.5 cm³/mol. The van der Waals surface area contributed by atoms with Gasteiger partial charge in [-0.05, 0) is 24.3 Å². The third-order valence-corrected chi connectivity index (χ3v) is 6.12. The summed E-state index contributed by atoms with van der Waals surface area (Å²) in [4.78, 5) is 12.2. The van der Waals surface area contributed by atoms with Gasteiger partial charge in [-0.2, -0.15) is 0 Å². The van der Waals surface area contributed by atoms with Gasteiger partial charge in [0.15, 0.2) is 5.37 Å². The molecule has 3 nitrogen and oxygen atoms in total. The van der Waals surface area contributed by atoms with E-state index in [4.69, 9.17) is 23.2 Å². The number of carbonyl (C=O) groups is 1. The highest BCUT2D eigenvalue weighted by molar-refractivity contribution is 7.99. The Morgan fingerprint density at radius 2 is 2.04 bits per heavy atom. The first-order chi connectivity index (χ1) is 11.5. The Morgan fingerprint density at radius 3 is 2.71 bits per heavy atom. The maximum atomic E-state index is 14.1. The first kappa shape index (κ1) is 17.5. The maximum absolute atomic E-state index is 14.1. The smallest absolute Gasteiger partial charge is 0.161 e. The average Bonchev–Trinajstić information content (AvgIpc) is 2.95. The molecule has 1 aliphatic rings. The quantitative estimate of drug-likeness (QED) is 0.875. The molecule has 0 aromatic heterocycles. The number of benzene rings is 2. The molecule has 24 heavy (non-hydrogen) atoms. The van der Waals surface area contributed by atoms with E-state index in [9.17, 15) is 14.3 Å². The van der Waals surface area contributed by atoms with Crippen molar-refractivity contribution in [2.45, 2.75) is 18.0 Å². The van der Waals surface area contributed by atoms with Crippen molar-refractivity contribution in [1.82, 2.24) is 0 Å². The predicted octanol–water partition coefficient (Wildman–Crippen LogP) is 2.08. The molecule has 1 unspecified atom stereocenters. The minimum absolute atomic E-state index is 0.161. The zero-order chi connectivity index (χ0) is 17.3. The van der Waals surface area contributed by atoms with Crippen molar-refractivity contribution in [3.05, 3.63) is 69.5 Å². The lowest BCUT2D eigenvalue weighted by Crippen LogP contribution is -3.14. The lowest BCUT2D eigenvalue weighted by molar-refractivity contribution is -0.940. The molecule has 3 rings (SSSR count). The molecule has 0 amide bonds. The summed E-state index contributed by atoms with van der Waals surface area (Å²) in [5.41, 5.74) is 1.22. The molecule has 1 heterocycles. The Balaban J connectivity index is 1.96. The van der Waals surface area contributed by atoms with E-state index in [0.717, 1.165) is 5.56 Å². The van der Waals surface area contributed by atoms with Gasteiger partial charge in [0.2, 0.25) is 0 Å². The summed E-state index contributed by atoms with van der Waals surface area (Å²) in [6.07, 6.45) is 0. The molecule has 0 saturated carbocycles. The molecule has 2 aromatic carbocycles. The molecular weight excluding hydrogens is 372 g/mol. The number of carbonyl (C=O) groups excluding carboxylic acids is 1. The Morgan fingerprint density at radius 1 is 1.29 bits per heavy atom. The average molecular weight is 386 g/mol. The summed E-state index contributed by atoms with van der Waals surface area (Å²) in [6.45, 7) is 0.161. The van der Waals surface area contributed by atoms with E-state index < -0.39 is 17.8 Å². The topological polar surface area (TPSA) is 44.6 Å². The first-order valence-corrected chi connectivity index (χ1v) is 9.14. The second-order valence-electron chi connectivity index (χ2n) is 5.59. The van der Waals surface area contributed by atoms with Crippen LogP contribution in [0.15, 0.2) is 42.5 Å². The molecule has 7 heteroatoms. The van der Waals surface area contributed by atoms with Gasteiger partial charge in [0.05, 0.1) is 16.3 Å². The normalized spacial score (nSPS) is 23.4. The van der Waals surface area contributed by atoms with Gasteiger partial charge in [-0.3, -0.25) is 0 Å². The Kier molecular flexibility index (Phi) is 5.35. The SMILES string of the molecule is O=C([O-])[C@@H]1CS[C@@H](c2cccc(Cl)c2)[NH+]1Cc1c(F)cccc1Cl. The van der Waals surface area contributed by atoms with E-state index in [0.29, 0.717) is 26.3 Å². The number of hydrogen-bond acceptors (Lipinski definition) is 3. The number of nitrogens with one attached hydrogen (secondary N) is 1. The molecule has 3 atom stereocenters. The number of aliphatic carboxylic acids is 1. The molecule has 0 bridgehead atoms. The molecule has 1 N–H and O–H groups in total. The van der Waals surface area contributed by atoms with E-state index >= 15 is 0 Å². The zero-order valence-corrected chi connectivity index (χ0v) is 14.8.